The lowest BCUT2D eigenvalue weighted by Crippen LogP contribution is -2.40. The normalized spacial score (nSPS) is 37.2. The van der Waals surface area contributed by atoms with Crippen LogP contribution in [-0.4, -0.2) is 30.3 Å². The predicted molar refractivity (Wildman–Crippen MR) is 48.9 cm³/mol. The summed E-state index contributed by atoms with van der Waals surface area (Å²) in [5.41, 5.74) is 0. The van der Waals surface area contributed by atoms with Crippen molar-refractivity contribution in [2.45, 2.75) is 45.3 Å². The minimum atomic E-state index is 0.505. The summed E-state index contributed by atoms with van der Waals surface area (Å²) in [5, 5.41) is 0. The van der Waals surface area contributed by atoms with Gasteiger partial charge in [-0.1, -0.05) is 20.3 Å². The Kier molecular flexibility index (Phi) is 2.37. The van der Waals surface area contributed by atoms with E-state index in [1.54, 1.807) is 0 Å². The molecule has 2 aliphatic rings. The van der Waals surface area contributed by atoms with E-state index in [9.17, 15) is 0 Å². The quantitative estimate of drug-likeness (QED) is 0.594. The van der Waals surface area contributed by atoms with Crippen LogP contribution in [0, 0.1) is 5.92 Å². The Morgan fingerprint density at radius 1 is 1.33 bits per heavy atom. The molecular weight excluding hydrogens is 150 g/mol. The van der Waals surface area contributed by atoms with E-state index in [1.807, 2.05) is 0 Å². The van der Waals surface area contributed by atoms with Crippen molar-refractivity contribution in [2.75, 3.05) is 13.3 Å². The minimum absolute atomic E-state index is 0.505. The summed E-state index contributed by atoms with van der Waals surface area (Å²) in [4.78, 5) is 2.51. The molecule has 0 bridgehead atoms. The van der Waals surface area contributed by atoms with Gasteiger partial charge < -0.3 is 4.74 Å². The van der Waals surface area contributed by atoms with E-state index >= 15 is 0 Å². The van der Waals surface area contributed by atoms with E-state index in [4.69, 9.17) is 4.74 Å². The zero-order chi connectivity index (χ0) is 8.55. The fourth-order valence-electron chi connectivity index (χ4n) is 2.48. The van der Waals surface area contributed by atoms with Crippen molar-refractivity contribution in [3.8, 4) is 0 Å². The lowest BCUT2D eigenvalue weighted by Gasteiger charge is -2.31. The second-order valence-corrected chi connectivity index (χ2v) is 4.38. The molecule has 0 saturated carbocycles. The van der Waals surface area contributed by atoms with Crippen LogP contribution in [0.1, 0.15) is 33.1 Å². The smallest absolute Gasteiger partial charge is 0.0998 e. The fraction of sp³-hybridized carbons (Fsp3) is 1.00. The van der Waals surface area contributed by atoms with Gasteiger partial charge in [0.05, 0.1) is 12.8 Å². The molecule has 0 spiro atoms. The Morgan fingerprint density at radius 2 is 2.17 bits per heavy atom. The van der Waals surface area contributed by atoms with Crippen LogP contribution < -0.4 is 0 Å². The van der Waals surface area contributed by atoms with Gasteiger partial charge >= 0.3 is 0 Å². The van der Waals surface area contributed by atoms with E-state index in [0.29, 0.717) is 12.0 Å². The molecule has 0 amide bonds. The molecule has 0 aromatic rings. The van der Waals surface area contributed by atoms with Gasteiger partial charge in [-0.15, -0.1) is 0 Å². The van der Waals surface area contributed by atoms with Crippen LogP contribution in [0.2, 0.25) is 0 Å². The van der Waals surface area contributed by atoms with Gasteiger partial charge in [-0.25, -0.2) is 0 Å². The van der Waals surface area contributed by atoms with Crippen LogP contribution in [0.3, 0.4) is 0 Å². The maximum absolute atomic E-state index is 5.79. The van der Waals surface area contributed by atoms with Gasteiger partial charge in [0.1, 0.15) is 0 Å². The summed E-state index contributed by atoms with van der Waals surface area (Å²) in [6, 6.07) is 0.735. The largest absolute Gasteiger partial charge is 0.361 e. The molecule has 70 valence electrons. The highest BCUT2D eigenvalue weighted by Crippen LogP contribution is 2.30. The molecule has 0 aromatic carbocycles. The van der Waals surface area contributed by atoms with Crippen molar-refractivity contribution in [3.05, 3.63) is 0 Å². The van der Waals surface area contributed by atoms with Crippen molar-refractivity contribution in [1.29, 1.82) is 0 Å². The molecule has 2 atom stereocenters. The van der Waals surface area contributed by atoms with Crippen LogP contribution in [0.15, 0.2) is 0 Å². The van der Waals surface area contributed by atoms with Gasteiger partial charge in [-0.3, -0.25) is 4.90 Å². The van der Waals surface area contributed by atoms with E-state index < -0.39 is 0 Å². The zero-order valence-electron chi connectivity index (χ0n) is 8.12. The Labute approximate surface area is 74.9 Å². The molecule has 2 heterocycles. The van der Waals surface area contributed by atoms with E-state index in [-0.39, 0.29) is 0 Å². The molecule has 2 nitrogen and oxygen atoms in total. The number of hydrogen-bond donors (Lipinski definition) is 0. The van der Waals surface area contributed by atoms with E-state index in [2.05, 4.69) is 18.7 Å². The molecule has 0 aromatic heterocycles. The van der Waals surface area contributed by atoms with Crippen molar-refractivity contribution in [2.24, 2.45) is 5.92 Å². The van der Waals surface area contributed by atoms with Crippen molar-refractivity contribution < 1.29 is 4.74 Å². The van der Waals surface area contributed by atoms with Crippen LogP contribution in [-0.2, 0) is 4.74 Å². The highest BCUT2D eigenvalue weighted by atomic mass is 16.5. The standard InChI is InChI=1S/C10H19NO/c1-8(2)10-9-5-3-4-6-11(9)7-12-10/h8-10H,3-7H2,1-2H3/t9-,10-/m0/s1. The summed E-state index contributed by atoms with van der Waals surface area (Å²) in [6.45, 7) is 6.67. The maximum Gasteiger partial charge on any atom is 0.0998 e. The number of hydrogen-bond acceptors (Lipinski definition) is 2. The molecule has 0 N–H and O–H groups in total. The predicted octanol–water partition coefficient (Wildman–Crippen LogP) is 1.85. The number of rotatable bonds is 1. The summed E-state index contributed by atoms with van der Waals surface area (Å²) in [5.74, 6) is 0.679. The molecule has 12 heavy (non-hydrogen) atoms. The summed E-state index contributed by atoms with van der Waals surface area (Å²) in [7, 11) is 0. The third kappa shape index (κ3) is 1.38. The Morgan fingerprint density at radius 3 is 2.92 bits per heavy atom. The average Bonchev–Trinajstić information content (AvgIpc) is 2.47. The first-order valence-corrected chi connectivity index (χ1v) is 5.14. The van der Waals surface area contributed by atoms with Crippen molar-refractivity contribution >= 4 is 0 Å². The highest BCUT2D eigenvalue weighted by molar-refractivity contribution is 4.88. The average molecular weight is 169 g/mol. The van der Waals surface area contributed by atoms with Crippen LogP contribution in [0.4, 0.5) is 0 Å². The summed E-state index contributed by atoms with van der Waals surface area (Å²) >= 11 is 0. The molecule has 0 unspecified atom stereocenters. The number of piperidine rings is 1. The third-order valence-corrected chi connectivity index (χ3v) is 3.13. The minimum Gasteiger partial charge on any atom is -0.361 e. The topological polar surface area (TPSA) is 12.5 Å². The van der Waals surface area contributed by atoms with Gasteiger partial charge in [0.25, 0.3) is 0 Å². The van der Waals surface area contributed by atoms with Crippen LogP contribution in [0.25, 0.3) is 0 Å². The first-order chi connectivity index (χ1) is 5.79. The summed E-state index contributed by atoms with van der Waals surface area (Å²) < 4.78 is 5.79. The van der Waals surface area contributed by atoms with Gasteiger partial charge in [-0.2, -0.15) is 0 Å². The Bertz CT molecular complexity index is 158. The fourth-order valence-corrected chi connectivity index (χ4v) is 2.48. The van der Waals surface area contributed by atoms with Crippen molar-refractivity contribution in [3.63, 3.8) is 0 Å². The molecule has 2 aliphatic heterocycles. The van der Waals surface area contributed by atoms with Gasteiger partial charge in [0.15, 0.2) is 0 Å². The maximum atomic E-state index is 5.79. The van der Waals surface area contributed by atoms with Crippen LogP contribution in [0.5, 0.6) is 0 Å². The molecule has 2 rings (SSSR count). The lowest BCUT2D eigenvalue weighted by atomic mass is 9.93. The molecule has 2 heteroatoms. The Balaban J connectivity index is 2.01. The Hall–Kier alpha value is -0.0800. The number of nitrogens with zero attached hydrogens (tertiary/aromatic N) is 1. The number of fused-ring (bicyclic) bond motifs is 1. The molecule has 0 aliphatic carbocycles. The zero-order valence-corrected chi connectivity index (χ0v) is 8.12. The SMILES string of the molecule is CC(C)[C@@H]1OCN2CCCC[C@@H]12. The summed E-state index contributed by atoms with van der Waals surface area (Å²) in [6.07, 6.45) is 4.62. The molecule has 2 fully saturated rings. The van der Waals surface area contributed by atoms with E-state index in [0.717, 1.165) is 12.8 Å². The molecule has 0 radical (unpaired) electrons. The number of ether oxygens (including phenoxy) is 1. The van der Waals surface area contributed by atoms with E-state index in [1.165, 1.54) is 25.8 Å². The van der Waals surface area contributed by atoms with Crippen LogP contribution >= 0.6 is 0 Å². The molecule has 2 saturated heterocycles. The second-order valence-electron chi connectivity index (χ2n) is 4.38. The monoisotopic (exact) mass is 169 g/mol. The van der Waals surface area contributed by atoms with Gasteiger partial charge in [-0.05, 0) is 18.8 Å². The van der Waals surface area contributed by atoms with Gasteiger partial charge in [0.2, 0.25) is 0 Å². The highest BCUT2D eigenvalue weighted by Gasteiger charge is 2.37. The molecular formula is C10H19NO. The van der Waals surface area contributed by atoms with Crippen molar-refractivity contribution in [1.82, 2.24) is 4.90 Å². The first kappa shape index (κ1) is 8.52. The van der Waals surface area contributed by atoms with Gasteiger partial charge in [0, 0.05) is 12.6 Å². The third-order valence-electron chi connectivity index (χ3n) is 3.13. The first-order valence-electron chi connectivity index (χ1n) is 5.14. The lowest BCUT2D eigenvalue weighted by molar-refractivity contribution is 0.0615. The second kappa shape index (κ2) is 3.35.